The minimum absolute atomic E-state index is 0.326. The zero-order valence-electron chi connectivity index (χ0n) is 15.9. The molecular formula is C21H26ClN3O2S. The van der Waals surface area contributed by atoms with E-state index in [1.54, 1.807) is 28.6 Å². The Kier molecular flexibility index (Phi) is 5.92. The van der Waals surface area contributed by atoms with Gasteiger partial charge in [0.2, 0.25) is 10.0 Å². The summed E-state index contributed by atoms with van der Waals surface area (Å²) in [4.78, 5) is 5.29. The Balaban J connectivity index is 1.32. The number of benzene rings is 2. The summed E-state index contributed by atoms with van der Waals surface area (Å²) in [6, 6.07) is 17.4. The van der Waals surface area contributed by atoms with Gasteiger partial charge in [-0.3, -0.25) is 4.90 Å². The molecule has 7 heteroatoms. The van der Waals surface area contributed by atoms with E-state index < -0.39 is 10.0 Å². The van der Waals surface area contributed by atoms with E-state index in [-0.39, 0.29) is 0 Å². The second kappa shape index (κ2) is 8.41. The Bertz CT molecular complexity index is 874. The molecule has 4 rings (SSSR count). The summed E-state index contributed by atoms with van der Waals surface area (Å²) in [5.41, 5.74) is 1.28. The van der Waals surface area contributed by atoms with Crippen LogP contribution in [-0.2, 0) is 10.0 Å². The number of sulfonamides is 1. The molecule has 2 aliphatic rings. The first-order chi connectivity index (χ1) is 13.5. The van der Waals surface area contributed by atoms with Crippen molar-refractivity contribution in [2.24, 2.45) is 0 Å². The standard InChI is InChI=1S/C21H26ClN3O2S/c22-18-6-8-21(9-7-18)28(26,27)25-12-10-20(11-13-25)24-16-14-23(15-17-24)19-4-2-1-3-5-19/h1-9,20H,10-17H2. The minimum Gasteiger partial charge on any atom is -0.369 e. The van der Waals surface area contributed by atoms with E-state index >= 15 is 0 Å². The Morgan fingerprint density at radius 2 is 1.39 bits per heavy atom. The van der Waals surface area contributed by atoms with Gasteiger partial charge in [0.15, 0.2) is 0 Å². The van der Waals surface area contributed by atoms with Crippen LogP contribution in [0.4, 0.5) is 5.69 Å². The molecule has 0 N–H and O–H groups in total. The van der Waals surface area contributed by atoms with Crippen molar-refractivity contribution in [1.82, 2.24) is 9.21 Å². The smallest absolute Gasteiger partial charge is 0.243 e. The van der Waals surface area contributed by atoms with Crippen LogP contribution < -0.4 is 4.90 Å². The molecule has 0 spiro atoms. The van der Waals surface area contributed by atoms with Crippen molar-refractivity contribution in [3.8, 4) is 0 Å². The van der Waals surface area contributed by atoms with Gasteiger partial charge in [-0.2, -0.15) is 4.31 Å². The first-order valence-electron chi connectivity index (χ1n) is 9.84. The van der Waals surface area contributed by atoms with Crippen LogP contribution in [0, 0.1) is 0 Å². The van der Waals surface area contributed by atoms with E-state index in [0.29, 0.717) is 29.0 Å². The molecule has 0 aliphatic carbocycles. The van der Waals surface area contributed by atoms with Gasteiger partial charge >= 0.3 is 0 Å². The normalized spacial score (nSPS) is 20.4. The maximum absolute atomic E-state index is 12.8. The topological polar surface area (TPSA) is 43.9 Å². The van der Waals surface area contributed by atoms with Crippen LogP contribution in [0.1, 0.15) is 12.8 Å². The molecule has 0 saturated carbocycles. The molecule has 2 fully saturated rings. The lowest BCUT2D eigenvalue weighted by atomic mass is 10.0. The first kappa shape index (κ1) is 19.7. The molecule has 0 unspecified atom stereocenters. The molecule has 2 heterocycles. The Morgan fingerprint density at radius 1 is 0.786 bits per heavy atom. The predicted molar refractivity (Wildman–Crippen MR) is 113 cm³/mol. The third-order valence-electron chi connectivity index (χ3n) is 5.83. The third kappa shape index (κ3) is 4.20. The highest BCUT2D eigenvalue weighted by atomic mass is 35.5. The molecule has 0 aromatic heterocycles. The van der Waals surface area contributed by atoms with E-state index in [1.807, 2.05) is 6.07 Å². The van der Waals surface area contributed by atoms with Crippen molar-refractivity contribution < 1.29 is 8.42 Å². The van der Waals surface area contributed by atoms with Gasteiger partial charge in [-0.25, -0.2) is 8.42 Å². The van der Waals surface area contributed by atoms with Crippen LogP contribution in [-0.4, -0.2) is 62.9 Å². The van der Waals surface area contributed by atoms with Gasteiger partial charge in [-0.05, 0) is 49.2 Å². The lowest BCUT2D eigenvalue weighted by molar-refractivity contribution is 0.132. The SMILES string of the molecule is O=S(=O)(c1ccc(Cl)cc1)N1CCC(N2CCN(c3ccccc3)CC2)CC1. The average Bonchev–Trinajstić information content (AvgIpc) is 2.75. The van der Waals surface area contributed by atoms with Gasteiger partial charge in [0.1, 0.15) is 0 Å². The number of para-hydroxylation sites is 1. The van der Waals surface area contributed by atoms with Crippen LogP contribution in [0.3, 0.4) is 0 Å². The van der Waals surface area contributed by atoms with E-state index in [9.17, 15) is 8.42 Å². The van der Waals surface area contributed by atoms with Crippen molar-refractivity contribution in [3.63, 3.8) is 0 Å². The quantitative estimate of drug-likeness (QED) is 0.762. The van der Waals surface area contributed by atoms with Crippen LogP contribution in [0.2, 0.25) is 5.02 Å². The molecule has 0 amide bonds. The van der Waals surface area contributed by atoms with Crippen molar-refractivity contribution in [2.45, 2.75) is 23.8 Å². The molecule has 0 radical (unpaired) electrons. The number of nitrogens with zero attached hydrogens (tertiary/aromatic N) is 3. The Hall–Kier alpha value is -1.60. The Labute approximate surface area is 172 Å². The van der Waals surface area contributed by atoms with Gasteiger partial charge in [0.05, 0.1) is 4.90 Å². The number of piperidine rings is 1. The number of halogens is 1. The van der Waals surface area contributed by atoms with Crippen LogP contribution >= 0.6 is 11.6 Å². The monoisotopic (exact) mass is 419 g/mol. The van der Waals surface area contributed by atoms with Crippen LogP contribution in [0.5, 0.6) is 0 Å². The number of hydrogen-bond donors (Lipinski definition) is 0. The molecule has 5 nitrogen and oxygen atoms in total. The maximum atomic E-state index is 12.8. The number of anilines is 1. The van der Waals surface area contributed by atoms with Crippen molar-refractivity contribution >= 4 is 27.3 Å². The van der Waals surface area contributed by atoms with Gasteiger partial charge in [0, 0.05) is 56.0 Å². The lowest BCUT2D eigenvalue weighted by Crippen LogP contribution is -2.53. The second-order valence-electron chi connectivity index (χ2n) is 7.45. The van der Waals surface area contributed by atoms with E-state index in [2.05, 4.69) is 34.1 Å². The molecule has 28 heavy (non-hydrogen) atoms. The largest absolute Gasteiger partial charge is 0.369 e. The average molecular weight is 420 g/mol. The zero-order chi connectivity index (χ0) is 19.6. The fraction of sp³-hybridized carbons (Fsp3) is 0.429. The van der Waals surface area contributed by atoms with Gasteiger partial charge < -0.3 is 4.90 Å². The third-order valence-corrected chi connectivity index (χ3v) is 7.99. The summed E-state index contributed by atoms with van der Waals surface area (Å²) < 4.78 is 27.3. The summed E-state index contributed by atoms with van der Waals surface area (Å²) in [5.74, 6) is 0. The Morgan fingerprint density at radius 3 is 2.00 bits per heavy atom. The highest BCUT2D eigenvalue weighted by molar-refractivity contribution is 7.89. The number of hydrogen-bond acceptors (Lipinski definition) is 4. The van der Waals surface area contributed by atoms with Gasteiger partial charge in [-0.15, -0.1) is 0 Å². The molecule has 2 aromatic carbocycles. The van der Waals surface area contributed by atoms with Crippen LogP contribution in [0.15, 0.2) is 59.5 Å². The predicted octanol–water partition coefficient (Wildman–Crippen LogP) is 3.32. The van der Waals surface area contributed by atoms with Gasteiger partial charge in [0.25, 0.3) is 0 Å². The van der Waals surface area contributed by atoms with E-state index in [0.717, 1.165) is 39.0 Å². The lowest BCUT2D eigenvalue weighted by Gasteiger charge is -2.43. The van der Waals surface area contributed by atoms with Crippen molar-refractivity contribution in [2.75, 3.05) is 44.2 Å². The highest BCUT2D eigenvalue weighted by Gasteiger charge is 2.32. The molecule has 0 atom stereocenters. The minimum atomic E-state index is -3.43. The molecule has 2 aromatic rings. The summed E-state index contributed by atoms with van der Waals surface area (Å²) in [5, 5.41) is 0.548. The molecule has 150 valence electrons. The zero-order valence-corrected chi connectivity index (χ0v) is 17.4. The van der Waals surface area contributed by atoms with Crippen molar-refractivity contribution in [1.29, 1.82) is 0 Å². The first-order valence-corrected chi connectivity index (χ1v) is 11.7. The molecule has 2 aliphatic heterocycles. The summed E-state index contributed by atoms with van der Waals surface area (Å²) in [6.45, 7) is 5.26. The molecule has 0 bridgehead atoms. The number of piperazine rings is 1. The fourth-order valence-electron chi connectivity index (χ4n) is 4.19. The summed E-state index contributed by atoms with van der Waals surface area (Å²) >= 11 is 5.88. The fourth-order valence-corrected chi connectivity index (χ4v) is 5.78. The van der Waals surface area contributed by atoms with Gasteiger partial charge in [-0.1, -0.05) is 29.8 Å². The van der Waals surface area contributed by atoms with E-state index in [1.165, 1.54) is 5.69 Å². The molecular weight excluding hydrogens is 394 g/mol. The van der Waals surface area contributed by atoms with Crippen molar-refractivity contribution in [3.05, 3.63) is 59.6 Å². The number of rotatable bonds is 4. The summed E-state index contributed by atoms with van der Waals surface area (Å²) in [7, 11) is -3.43. The second-order valence-corrected chi connectivity index (χ2v) is 9.82. The molecule has 2 saturated heterocycles. The van der Waals surface area contributed by atoms with Crippen LogP contribution in [0.25, 0.3) is 0 Å². The van der Waals surface area contributed by atoms with E-state index in [4.69, 9.17) is 11.6 Å². The summed E-state index contributed by atoms with van der Waals surface area (Å²) in [6.07, 6.45) is 1.77. The maximum Gasteiger partial charge on any atom is 0.243 e. The highest BCUT2D eigenvalue weighted by Crippen LogP contribution is 2.25.